The highest BCUT2D eigenvalue weighted by Crippen LogP contribution is 2.21. The van der Waals surface area contributed by atoms with Crippen molar-refractivity contribution in [3.05, 3.63) is 54.1 Å². The monoisotopic (exact) mass is 367 g/mol. The van der Waals surface area contributed by atoms with Gasteiger partial charge < -0.3 is 20.7 Å². The van der Waals surface area contributed by atoms with Crippen LogP contribution in [0.25, 0.3) is 0 Å². The lowest BCUT2D eigenvalue weighted by molar-refractivity contribution is 0.0600. The SMILES string of the molecule is COC(=O)c1cccc(Nc2ccc(NC(=O)NC3CCCCC3)cc2)c1. The Hall–Kier alpha value is -3.02. The molecule has 3 N–H and O–H groups in total. The van der Waals surface area contributed by atoms with E-state index in [1.165, 1.54) is 26.4 Å². The predicted octanol–water partition coefficient (Wildman–Crippen LogP) is 4.67. The van der Waals surface area contributed by atoms with E-state index in [2.05, 4.69) is 16.0 Å². The molecule has 1 saturated carbocycles. The van der Waals surface area contributed by atoms with Crippen molar-refractivity contribution in [3.63, 3.8) is 0 Å². The van der Waals surface area contributed by atoms with Crippen molar-refractivity contribution in [3.8, 4) is 0 Å². The van der Waals surface area contributed by atoms with E-state index in [0.717, 1.165) is 29.9 Å². The fourth-order valence-electron chi connectivity index (χ4n) is 3.24. The van der Waals surface area contributed by atoms with E-state index in [9.17, 15) is 9.59 Å². The van der Waals surface area contributed by atoms with Gasteiger partial charge in [-0.1, -0.05) is 25.3 Å². The van der Waals surface area contributed by atoms with Crippen LogP contribution in [0, 0.1) is 0 Å². The molecule has 2 aromatic rings. The summed E-state index contributed by atoms with van der Waals surface area (Å²) in [5.41, 5.74) is 2.86. The molecule has 2 amide bonds. The molecule has 27 heavy (non-hydrogen) atoms. The molecule has 0 heterocycles. The molecule has 3 rings (SSSR count). The molecule has 2 aromatic carbocycles. The zero-order chi connectivity index (χ0) is 19.1. The second-order valence-electron chi connectivity index (χ2n) is 6.71. The topological polar surface area (TPSA) is 79.5 Å². The second-order valence-corrected chi connectivity index (χ2v) is 6.71. The maximum atomic E-state index is 12.1. The summed E-state index contributed by atoms with van der Waals surface area (Å²) in [6.07, 6.45) is 5.74. The van der Waals surface area contributed by atoms with E-state index in [-0.39, 0.29) is 18.0 Å². The van der Waals surface area contributed by atoms with Gasteiger partial charge in [0.15, 0.2) is 0 Å². The number of rotatable bonds is 5. The lowest BCUT2D eigenvalue weighted by atomic mass is 9.96. The molecule has 0 unspecified atom stereocenters. The summed E-state index contributed by atoms with van der Waals surface area (Å²) in [4.78, 5) is 23.7. The van der Waals surface area contributed by atoms with E-state index in [1.54, 1.807) is 18.2 Å². The van der Waals surface area contributed by atoms with Crippen LogP contribution in [0.2, 0.25) is 0 Å². The van der Waals surface area contributed by atoms with Crippen LogP contribution in [0.15, 0.2) is 48.5 Å². The number of hydrogen-bond donors (Lipinski definition) is 3. The Kier molecular flexibility index (Phi) is 6.30. The molecule has 0 aromatic heterocycles. The van der Waals surface area contributed by atoms with Gasteiger partial charge in [0.1, 0.15) is 0 Å². The Morgan fingerprint density at radius 2 is 1.63 bits per heavy atom. The van der Waals surface area contributed by atoms with E-state index in [4.69, 9.17) is 4.74 Å². The number of amides is 2. The molecule has 1 fully saturated rings. The van der Waals surface area contributed by atoms with Gasteiger partial charge in [0.2, 0.25) is 0 Å². The number of urea groups is 1. The Labute approximate surface area is 159 Å². The van der Waals surface area contributed by atoms with Crippen LogP contribution >= 0.6 is 0 Å². The highest BCUT2D eigenvalue weighted by molar-refractivity contribution is 5.91. The van der Waals surface area contributed by atoms with Crippen LogP contribution in [0.4, 0.5) is 21.9 Å². The lowest BCUT2D eigenvalue weighted by Crippen LogP contribution is -2.38. The van der Waals surface area contributed by atoms with Crippen LogP contribution in [-0.4, -0.2) is 25.2 Å². The van der Waals surface area contributed by atoms with Gasteiger partial charge in [-0.3, -0.25) is 0 Å². The third-order valence-electron chi connectivity index (χ3n) is 4.66. The quantitative estimate of drug-likeness (QED) is 0.671. The van der Waals surface area contributed by atoms with Gasteiger partial charge in [-0.15, -0.1) is 0 Å². The van der Waals surface area contributed by atoms with Gasteiger partial charge in [-0.2, -0.15) is 0 Å². The van der Waals surface area contributed by atoms with Crippen LogP contribution < -0.4 is 16.0 Å². The molecule has 0 aliphatic heterocycles. The highest BCUT2D eigenvalue weighted by Gasteiger charge is 2.15. The smallest absolute Gasteiger partial charge is 0.337 e. The number of esters is 1. The zero-order valence-electron chi connectivity index (χ0n) is 15.5. The van der Waals surface area contributed by atoms with E-state index >= 15 is 0 Å². The molecule has 0 bridgehead atoms. The van der Waals surface area contributed by atoms with Gasteiger partial charge >= 0.3 is 12.0 Å². The third-order valence-corrected chi connectivity index (χ3v) is 4.66. The lowest BCUT2D eigenvalue weighted by Gasteiger charge is -2.22. The number of methoxy groups -OCH3 is 1. The summed E-state index contributed by atoms with van der Waals surface area (Å²) >= 11 is 0. The van der Waals surface area contributed by atoms with Crippen molar-refractivity contribution in [2.45, 2.75) is 38.1 Å². The molecule has 0 atom stereocenters. The standard InChI is InChI=1S/C21H25N3O3/c1-27-20(25)15-6-5-9-19(14-15)22-17-10-12-18(13-11-17)24-21(26)23-16-7-3-2-4-8-16/h5-6,9-14,16,22H,2-4,7-8H2,1H3,(H2,23,24,26). The average Bonchev–Trinajstić information content (AvgIpc) is 2.70. The molecule has 1 aliphatic carbocycles. The predicted molar refractivity (Wildman–Crippen MR) is 107 cm³/mol. The van der Waals surface area contributed by atoms with Crippen molar-refractivity contribution < 1.29 is 14.3 Å². The van der Waals surface area contributed by atoms with Crippen LogP contribution in [0.3, 0.4) is 0 Å². The van der Waals surface area contributed by atoms with Gasteiger partial charge in [0.25, 0.3) is 0 Å². The Balaban J connectivity index is 1.55. The van der Waals surface area contributed by atoms with Crippen LogP contribution in [0.1, 0.15) is 42.5 Å². The molecule has 6 nitrogen and oxygen atoms in total. The minimum Gasteiger partial charge on any atom is -0.465 e. The van der Waals surface area contributed by atoms with Crippen molar-refractivity contribution in [2.24, 2.45) is 0 Å². The number of carbonyl (C=O) groups is 2. The van der Waals surface area contributed by atoms with Gasteiger partial charge in [0.05, 0.1) is 12.7 Å². The normalized spacial score (nSPS) is 14.3. The maximum Gasteiger partial charge on any atom is 0.337 e. The first-order valence-corrected chi connectivity index (χ1v) is 9.27. The molecule has 142 valence electrons. The molecule has 0 spiro atoms. The molecular formula is C21H25N3O3. The second kappa shape index (κ2) is 9.07. The molecule has 1 aliphatic rings. The molecule has 0 saturated heterocycles. The number of benzene rings is 2. The number of hydrogen-bond acceptors (Lipinski definition) is 4. The summed E-state index contributed by atoms with van der Waals surface area (Å²) in [7, 11) is 1.36. The molecule has 0 radical (unpaired) electrons. The minimum atomic E-state index is -0.373. The Morgan fingerprint density at radius 1 is 0.926 bits per heavy atom. The number of nitrogens with one attached hydrogen (secondary N) is 3. The van der Waals surface area contributed by atoms with Crippen molar-refractivity contribution in [2.75, 3.05) is 17.7 Å². The van der Waals surface area contributed by atoms with E-state index < -0.39 is 0 Å². The van der Waals surface area contributed by atoms with Crippen LogP contribution in [0.5, 0.6) is 0 Å². The van der Waals surface area contributed by atoms with Gasteiger partial charge in [-0.25, -0.2) is 9.59 Å². The Bertz CT molecular complexity index is 784. The summed E-state index contributed by atoms with van der Waals surface area (Å²) < 4.78 is 4.74. The molecular weight excluding hydrogens is 342 g/mol. The minimum absolute atomic E-state index is 0.159. The van der Waals surface area contributed by atoms with E-state index in [0.29, 0.717) is 5.56 Å². The fourth-order valence-corrected chi connectivity index (χ4v) is 3.24. The summed E-state index contributed by atoms with van der Waals surface area (Å²) in [6, 6.07) is 14.7. The summed E-state index contributed by atoms with van der Waals surface area (Å²) in [5.74, 6) is -0.373. The maximum absolute atomic E-state index is 12.1. The molecule has 6 heteroatoms. The van der Waals surface area contributed by atoms with Gasteiger partial charge in [0, 0.05) is 23.1 Å². The largest absolute Gasteiger partial charge is 0.465 e. The Morgan fingerprint density at radius 3 is 2.33 bits per heavy atom. The number of ether oxygens (including phenoxy) is 1. The van der Waals surface area contributed by atoms with Gasteiger partial charge in [-0.05, 0) is 55.3 Å². The number of anilines is 3. The summed E-state index contributed by atoms with van der Waals surface area (Å²) in [6.45, 7) is 0. The average molecular weight is 367 g/mol. The van der Waals surface area contributed by atoms with E-state index in [1.807, 2.05) is 30.3 Å². The fraction of sp³-hybridized carbons (Fsp3) is 0.333. The zero-order valence-corrected chi connectivity index (χ0v) is 15.5. The van der Waals surface area contributed by atoms with Crippen molar-refractivity contribution in [1.82, 2.24) is 5.32 Å². The number of carbonyl (C=O) groups excluding carboxylic acids is 2. The first-order valence-electron chi connectivity index (χ1n) is 9.27. The van der Waals surface area contributed by atoms with Crippen molar-refractivity contribution >= 4 is 29.1 Å². The summed E-state index contributed by atoms with van der Waals surface area (Å²) in [5, 5.41) is 9.14. The highest BCUT2D eigenvalue weighted by atomic mass is 16.5. The first kappa shape index (κ1) is 18.8. The van der Waals surface area contributed by atoms with Crippen molar-refractivity contribution in [1.29, 1.82) is 0 Å². The van der Waals surface area contributed by atoms with Crippen LogP contribution in [-0.2, 0) is 4.74 Å². The first-order chi connectivity index (χ1) is 13.1. The third kappa shape index (κ3) is 5.48.